The van der Waals surface area contributed by atoms with Crippen LogP contribution < -0.4 is 5.32 Å². The second-order valence-electron chi connectivity index (χ2n) is 4.85. The molecule has 3 heteroatoms. The average molecular weight is 286 g/mol. The van der Waals surface area contributed by atoms with Crippen LogP contribution in [0.2, 0.25) is 0 Å². The van der Waals surface area contributed by atoms with Gasteiger partial charge < -0.3 is 10.4 Å². The third-order valence-corrected chi connectivity index (χ3v) is 3.73. The van der Waals surface area contributed by atoms with Crippen LogP contribution >= 0.6 is 15.9 Å². The number of rotatable bonds is 4. The summed E-state index contributed by atoms with van der Waals surface area (Å²) < 4.78 is 1.11. The van der Waals surface area contributed by atoms with E-state index in [1.54, 1.807) is 6.92 Å². The smallest absolute Gasteiger partial charge is 0.0688 e. The van der Waals surface area contributed by atoms with Gasteiger partial charge in [0.1, 0.15) is 0 Å². The van der Waals surface area contributed by atoms with E-state index in [4.69, 9.17) is 0 Å². The Morgan fingerprint density at radius 2 is 2.06 bits per heavy atom. The van der Waals surface area contributed by atoms with E-state index < -0.39 is 0 Å². The van der Waals surface area contributed by atoms with Gasteiger partial charge in [0.25, 0.3) is 0 Å². The van der Waals surface area contributed by atoms with Crippen LogP contribution in [0.3, 0.4) is 0 Å². The molecular formula is C13H20BrNO. The van der Waals surface area contributed by atoms with Crippen LogP contribution in [0.25, 0.3) is 0 Å². The highest BCUT2D eigenvalue weighted by Crippen LogP contribution is 2.19. The van der Waals surface area contributed by atoms with Gasteiger partial charge in [-0.05, 0) is 44.9 Å². The highest BCUT2D eigenvalue weighted by Gasteiger charge is 2.23. The fraction of sp³-hybridized carbons (Fsp3) is 0.538. The zero-order chi connectivity index (χ0) is 12.3. The average Bonchev–Trinajstić information content (AvgIpc) is 2.16. The van der Waals surface area contributed by atoms with E-state index in [1.807, 2.05) is 13.8 Å². The van der Waals surface area contributed by atoms with Crippen molar-refractivity contribution in [1.29, 1.82) is 0 Å². The van der Waals surface area contributed by atoms with Gasteiger partial charge in [0.2, 0.25) is 0 Å². The topological polar surface area (TPSA) is 32.3 Å². The maximum Gasteiger partial charge on any atom is 0.0688 e. The number of benzene rings is 1. The monoisotopic (exact) mass is 285 g/mol. The van der Waals surface area contributed by atoms with E-state index in [1.165, 1.54) is 11.1 Å². The SMILES string of the molecule is Cc1ccc(CNC(C)(C)C(C)O)c(Br)c1. The lowest BCUT2D eigenvalue weighted by atomic mass is 9.98. The van der Waals surface area contributed by atoms with Crippen molar-refractivity contribution in [3.05, 3.63) is 33.8 Å². The fourth-order valence-electron chi connectivity index (χ4n) is 1.27. The maximum atomic E-state index is 9.60. The molecule has 2 nitrogen and oxygen atoms in total. The Kier molecular flexibility index (Phi) is 4.53. The Morgan fingerprint density at radius 3 is 2.56 bits per heavy atom. The predicted molar refractivity (Wildman–Crippen MR) is 71.5 cm³/mol. The minimum atomic E-state index is -0.378. The number of hydrogen-bond acceptors (Lipinski definition) is 2. The minimum Gasteiger partial charge on any atom is -0.392 e. The lowest BCUT2D eigenvalue weighted by Crippen LogP contribution is -2.47. The van der Waals surface area contributed by atoms with E-state index in [0.717, 1.165) is 11.0 Å². The number of aliphatic hydroxyl groups excluding tert-OH is 1. The van der Waals surface area contributed by atoms with E-state index in [9.17, 15) is 5.11 Å². The van der Waals surface area contributed by atoms with Crippen LogP contribution in [0.15, 0.2) is 22.7 Å². The van der Waals surface area contributed by atoms with Crippen LogP contribution in [0.5, 0.6) is 0 Å². The highest BCUT2D eigenvalue weighted by molar-refractivity contribution is 9.10. The van der Waals surface area contributed by atoms with Crippen molar-refractivity contribution in [3.63, 3.8) is 0 Å². The van der Waals surface area contributed by atoms with E-state index in [2.05, 4.69) is 46.4 Å². The summed E-state index contributed by atoms with van der Waals surface area (Å²) in [6.45, 7) is 8.62. The molecule has 0 aromatic heterocycles. The molecule has 1 atom stereocenters. The quantitative estimate of drug-likeness (QED) is 0.891. The number of nitrogens with one attached hydrogen (secondary N) is 1. The lowest BCUT2D eigenvalue weighted by molar-refractivity contribution is 0.0956. The molecule has 2 N–H and O–H groups in total. The van der Waals surface area contributed by atoms with Crippen molar-refractivity contribution in [2.45, 2.75) is 45.9 Å². The Hall–Kier alpha value is -0.380. The van der Waals surface area contributed by atoms with E-state index >= 15 is 0 Å². The third kappa shape index (κ3) is 3.58. The summed E-state index contributed by atoms with van der Waals surface area (Å²) >= 11 is 3.55. The first-order valence-corrected chi connectivity index (χ1v) is 6.30. The molecule has 0 amide bonds. The second-order valence-corrected chi connectivity index (χ2v) is 5.70. The van der Waals surface area contributed by atoms with Crippen molar-refractivity contribution in [2.75, 3.05) is 0 Å². The van der Waals surface area contributed by atoms with Crippen LogP contribution in [-0.4, -0.2) is 16.7 Å². The Labute approximate surface area is 106 Å². The molecule has 1 aromatic rings. The molecule has 0 aliphatic carbocycles. The molecule has 1 rings (SSSR count). The van der Waals surface area contributed by atoms with Crippen molar-refractivity contribution in [1.82, 2.24) is 5.32 Å². The van der Waals surface area contributed by atoms with Gasteiger partial charge in [-0.2, -0.15) is 0 Å². The van der Waals surface area contributed by atoms with Gasteiger partial charge >= 0.3 is 0 Å². The molecule has 0 aliphatic rings. The highest BCUT2D eigenvalue weighted by atomic mass is 79.9. The lowest BCUT2D eigenvalue weighted by Gasteiger charge is -2.29. The normalized spacial score (nSPS) is 13.9. The van der Waals surface area contributed by atoms with Gasteiger partial charge in [0.05, 0.1) is 6.10 Å². The Bertz CT molecular complexity index is 361. The molecule has 1 unspecified atom stereocenters. The molecule has 0 fully saturated rings. The van der Waals surface area contributed by atoms with Crippen molar-refractivity contribution < 1.29 is 5.11 Å². The fourth-order valence-corrected chi connectivity index (χ4v) is 1.90. The maximum absolute atomic E-state index is 9.60. The Morgan fingerprint density at radius 1 is 1.44 bits per heavy atom. The van der Waals surface area contributed by atoms with Crippen LogP contribution in [0, 0.1) is 6.92 Å². The molecule has 0 spiro atoms. The first kappa shape index (κ1) is 13.7. The third-order valence-electron chi connectivity index (χ3n) is 2.99. The summed E-state index contributed by atoms with van der Waals surface area (Å²) in [4.78, 5) is 0. The first-order valence-electron chi connectivity index (χ1n) is 5.51. The largest absolute Gasteiger partial charge is 0.392 e. The summed E-state index contributed by atoms with van der Waals surface area (Å²) in [6, 6.07) is 6.30. The van der Waals surface area contributed by atoms with Gasteiger partial charge in [-0.3, -0.25) is 0 Å². The Balaban J connectivity index is 2.68. The first-order chi connectivity index (χ1) is 7.33. The van der Waals surface area contributed by atoms with Gasteiger partial charge in [0.15, 0.2) is 0 Å². The van der Waals surface area contributed by atoms with Crippen molar-refractivity contribution >= 4 is 15.9 Å². The molecule has 90 valence electrons. The van der Waals surface area contributed by atoms with Gasteiger partial charge in [-0.1, -0.05) is 28.1 Å². The van der Waals surface area contributed by atoms with Crippen LogP contribution in [0.1, 0.15) is 31.9 Å². The predicted octanol–water partition coefficient (Wildman–Crippen LogP) is 3.01. The minimum absolute atomic E-state index is 0.273. The van der Waals surface area contributed by atoms with Crippen molar-refractivity contribution in [3.8, 4) is 0 Å². The number of hydrogen-bond donors (Lipinski definition) is 2. The molecule has 0 heterocycles. The molecule has 16 heavy (non-hydrogen) atoms. The van der Waals surface area contributed by atoms with Crippen LogP contribution in [-0.2, 0) is 6.54 Å². The van der Waals surface area contributed by atoms with Gasteiger partial charge in [0, 0.05) is 16.6 Å². The number of aryl methyl sites for hydroxylation is 1. The molecule has 1 aromatic carbocycles. The summed E-state index contributed by atoms with van der Waals surface area (Å²) in [5, 5.41) is 13.0. The summed E-state index contributed by atoms with van der Waals surface area (Å²) in [6.07, 6.45) is -0.378. The molecule has 0 bridgehead atoms. The van der Waals surface area contributed by atoms with E-state index in [-0.39, 0.29) is 11.6 Å². The number of aliphatic hydroxyl groups is 1. The molecule has 0 saturated carbocycles. The van der Waals surface area contributed by atoms with Crippen LogP contribution in [0.4, 0.5) is 0 Å². The van der Waals surface area contributed by atoms with E-state index in [0.29, 0.717) is 0 Å². The van der Waals surface area contributed by atoms with Crippen molar-refractivity contribution in [2.24, 2.45) is 0 Å². The zero-order valence-electron chi connectivity index (χ0n) is 10.3. The standard InChI is InChI=1S/C13H20BrNO/c1-9-5-6-11(12(14)7-9)8-15-13(3,4)10(2)16/h5-7,10,15-16H,8H2,1-4H3. The molecular weight excluding hydrogens is 266 g/mol. The second kappa shape index (κ2) is 5.30. The summed E-state index contributed by atoms with van der Waals surface area (Å²) in [5.41, 5.74) is 2.18. The molecule has 0 saturated heterocycles. The molecule has 0 radical (unpaired) electrons. The summed E-state index contributed by atoms with van der Waals surface area (Å²) in [7, 11) is 0. The zero-order valence-corrected chi connectivity index (χ0v) is 11.9. The van der Waals surface area contributed by atoms with Gasteiger partial charge in [-0.15, -0.1) is 0 Å². The van der Waals surface area contributed by atoms with Gasteiger partial charge in [-0.25, -0.2) is 0 Å². The number of halogens is 1. The summed E-state index contributed by atoms with van der Waals surface area (Å²) in [5.74, 6) is 0. The molecule has 0 aliphatic heterocycles.